The molecule has 0 aromatic rings. The molecular weight excluding hydrogens is 206 g/mol. The number of hydrogen-bond donors (Lipinski definition) is 2. The molecule has 0 bridgehead atoms. The van der Waals surface area contributed by atoms with Crippen molar-refractivity contribution in [2.24, 2.45) is 11.8 Å². The van der Waals surface area contributed by atoms with Crippen molar-refractivity contribution in [2.45, 2.75) is 38.7 Å². The number of rotatable bonds is 5. The number of carbonyl (C=O) groups is 1. The summed E-state index contributed by atoms with van der Waals surface area (Å²) in [5.41, 5.74) is 0. The summed E-state index contributed by atoms with van der Waals surface area (Å²) in [6, 6.07) is 0. The van der Waals surface area contributed by atoms with E-state index in [-0.39, 0.29) is 18.0 Å². The molecule has 0 aromatic heterocycles. The molecule has 0 aliphatic heterocycles. The standard InChI is InChI=1S/C12H23NO3/c1-9(12(15)16-2)7-13-8-10-3-5-11(14)6-4-10/h9-11,13-14H,3-8H2,1-2H3. The second-order valence-electron chi connectivity index (χ2n) is 4.76. The topological polar surface area (TPSA) is 58.6 Å². The monoisotopic (exact) mass is 229 g/mol. The van der Waals surface area contributed by atoms with E-state index >= 15 is 0 Å². The number of nitrogens with one attached hydrogen (secondary N) is 1. The van der Waals surface area contributed by atoms with Crippen LogP contribution in [0.15, 0.2) is 0 Å². The summed E-state index contributed by atoms with van der Waals surface area (Å²) in [6.07, 6.45) is 3.91. The van der Waals surface area contributed by atoms with E-state index < -0.39 is 0 Å². The summed E-state index contributed by atoms with van der Waals surface area (Å²) < 4.78 is 4.66. The highest BCUT2D eigenvalue weighted by atomic mass is 16.5. The zero-order valence-electron chi connectivity index (χ0n) is 10.2. The molecule has 16 heavy (non-hydrogen) atoms. The molecule has 2 N–H and O–H groups in total. The smallest absolute Gasteiger partial charge is 0.309 e. The van der Waals surface area contributed by atoms with Gasteiger partial charge >= 0.3 is 5.97 Å². The van der Waals surface area contributed by atoms with Crippen LogP contribution in [-0.2, 0) is 9.53 Å². The first-order chi connectivity index (χ1) is 7.63. The predicted octanol–water partition coefficient (Wildman–Crippen LogP) is 0.936. The molecule has 1 atom stereocenters. The normalized spacial score (nSPS) is 27.4. The molecule has 0 spiro atoms. The third kappa shape index (κ3) is 4.49. The minimum Gasteiger partial charge on any atom is -0.469 e. The fourth-order valence-electron chi connectivity index (χ4n) is 2.14. The Morgan fingerprint density at radius 3 is 2.62 bits per heavy atom. The summed E-state index contributed by atoms with van der Waals surface area (Å²) in [5.74, 6) is 0.402. The van der Waals surface area contributed by atoms with Crippen molar-refractivity contribution >= 4 is 5.97 Å². The third-order valence-corrected chi connectivity index (χ3v) is 3.30. The molecule has 0 radical (unpaired) electrons. The lowest BCUT2D eigenvalue weighted by Crippen LogP contribution is -2.33. The Labute approximate surface area is 97.4 Å². The molecule has 4 heteroatoms. The highest BCUT2D eigenvalue weighted by Crippen LogP contribution is 2.23. The second-order valence-corrected chi connectivity index (χ2v) is 4.76. The second kappa shape index (κ2) is 6.86. The molecule has 1 aliphatic carbocycles. The van der Waals surface area contributed by atoms with E-state index in [4.69, 9.17) is 0 Å². The lowest BCUT2D eigenvalue weighted by atomic mass is 9.87. The minimum absolute atomic E-state index is 0.0841. The van der Waals surface area contributed by atoms with Crippen molar-refractivity contribution in [1.82, 2.24) is 5.32 Å². The largest absolute Gasteiger partial charge is 0.469 e. The summed E-state index contributed by atoms with van der Waals surface area (Å²) in [7, 11) is 1.42. The fourth-order valence-corrected chi connectivity index (χ4v) is 2.14. The quantitative estimate of drug-likeness (QED) is 0.689. The van der Waals surface area contributed by atoms with Crippen LogP contribution < -0.4 is 5.32 Å². The van der Waals surface area contributed by atoms with E-state index in [9.17, 15) is 9.90 Å². The van der Waals surface area contributed by atoms with Crippen molar-refractivity contribution in [2.75, 3.05) is 20.2 Å². The van der Waals surface area contributed by atoms with Gasteiger partial charge in [-0.3, -0.25) is 4.79 Å². The molecule has 0 amide bonds. The Morgan fingerprint density at radius 2 is 2.06 bits per heavy atom. The maximum Gasteiger partial charge on any atom is 0.309 e. The van der Waals surface area contributed by atoms with E-state index in [1.807, 2.05) is 6.92 Å². The average molecular weight is 229 g/mol. The van der Waals surface area contributed by atoms with Gasteiger partial charge in [0.1, 0.15) is 0 Å². The zero-order valence-corrected chi connectivity index (χ0v) is 10.2. The van der Waals surface area contributed by atoms with E-state index in [1.165, 1.54) is 7.11 Å². The van der Waals surface area contributed by atoms with Crippen LogP contribution in [0.25, 0.3) is 0 Å². The predicted molar refractivity (Wildman–Crippen MR) is 62.0 cm³/mol. The number of esters is 1. The fraction of sp³-hybridized carbons (Fsp3) is 0.917. The maximum absolute atomic E-state index is 11.1. The molecule has 0 aromatic carbocycles. The van der Waals surface area contributed by atoms with Gasteiger partial charge in [-0.25, -0.2) is 0 Å². The third-order valence-electron chi connectivity index (χ3n) is 3.30. The molecule has 94 valence electrons. The number of aliphatic hydroxyl groups is 1. The molecule has 4 nitrogen and oxygen atoms in total. The van der Waals surface area contributed by atoms with Crippen LogP contribution in [0.3, 0.4) is 0 Å². The molecule has 1 saturated carbocycles. The van der Waals surface area contributed by atoms with Crippen molar-refractivity contribution < 1.29 is 14.6 Å². The Balaban J connectivity index is 2.09. The van der Waals surface area contributed by atoms with Gasteiger partial charge < -0.3 is 15.2 Å². The van der Waals surface area contributed by atoms with Crippen molar-refractivity contribution in [3.8, 4) is 0 Å². The number of carbonyl (C=O) groups excluding carboxylic acids is 1. The molecule has 1 unspecified atom stereocenters. The maximum atomic E-state index is 11.1. The number of ether oxygens (including phenoxy) is 1. The number of methoxy groups -OCH3 is 1. The number of aliphatic hydroxyl groups excluding tert-OH is 1. The Morgan fingerprint density at radius 1 is 1.44 bits per heavy atom. The zero-order chi connectivity index (χ0) is 12.0. The van der Waals surface area contributed by atoms with Crippen LogP contribution in [0.2, 0.25) is 0 Å². The average Bonchev–Trinajstić information content (AvgIpc) is 2.30. The van der Waals surface area contributed by atoms with Crippen molar-refractivity contribution in [1.29, 1.82) is 0 Å². The first-order valence-electron chi connectivity index (χ1n) is 6.10. The van der Waals surface area contributed by atoms with Gasteiger partial charge in [0.25, 0.3) is 0 Å². The minimum atomic E-state index is -0.161. The van der Waals surface area contributed by atoms with Gasteiger partial charge in [-0.2, -0.15) is 0 Å². The van der Waals surface area contributed by atoms with Gasteiger partial charge in [0, 0.05) is 6.54 Å². The Kier molecular flexibility index (Phi) is 5.77. The first kappa shape index (κ1) is 13.5. The summed E-state index contributed by atoms with van der Waals surface area (Å²) in [6.45, 7) is 3.48. The van der Waals surface area contributed by atoms with Crippen LogP contribution in [-0.4, -0.2) is 37.4 Å². The lowest BCUT2D eigenvalue weighted by Gasteiger charge is -2.25. The molecular formula is C12H23NO3. The van der Waals surface area contributed by atoms with Gasteiger partial charge in [0.05, 0.1) is 19.1 Å². The van der Waals surface area contributed by atoms with E-state index in [0.717, 1.165) is 32.2 Å². The molecule has 0 heterocycles. The van der Waals surface area contributed by atoms with Crippen LogP contribution in [0.4, 0.5) is 0 Å². The van der Waals surface area contributed by atoms with Gasteiger partial charge in [0.15, 0.2) is 0 Å². The van der Waals surface area contributed by atoms with Gasteiger partial charge in [-0.1, -0.05) is 6.92 Å². The lowest BCUT2D eigenvalue weighted by molar-refractivity contribution is -0.144. The van der Waals surface area contributed by atoms with Crippen LogP contribution in [0.1, 0.15) is 32.6 Å². The van der Waals surface area contributed by atoms with Gasteiger partial charge in [0.2, 0.25) is 0 Å². The molecule has 1 fully saturated rings. The Bertz CT molecular complexity index is 212. The summed E-state index contributed by atoms with van der Waals surface area (Å²) in [4.78, 5) is 11.1. The van der Waals surface area contributed by atoms with Crippen molar-refractivity contribution in [3.05, 3.63) is 0 Å². The Hall–Kier alpha value is -0.610. The first-order valence-corrected chi connectivity index (χ1v) is 6.10. The molecule has 1 aliphatic rings. The van der Waals surface area contributed by atoms with Crippen LogP contribution in [0.5, 0.6) is 0 Å². The summed E-state index contributed by atoms with van der Waals surface area (Å²) >= 11 is 0. The highest BCUT2D eigenvalue weighted by Gasteiger charge is 2.19. The summed E-state index contributed by atoms with van der Waals surface area (Å²) in [5, 5.41) is 12.7. The molecule has 0 saturated heterocycles. The van der Waals surface area contributed by atoms with Gasteiger partial charge in [-0.15, -0.1) is 0 Å². The van der Waals surface area contributed by atoms with E-state index in [0.29, 0.717) is 12.5 Å². The highest BCUT2D eigenvalue weighted by molar-refractivity contribution is 5.71. The SMILES string of the molecule is COC(=O)C(C)CNCC1CCC(O)CC1. The number of hydrogen-bond acceptors (Lipinski definition) is 4. The van der Waals surface area contributed by atoms with E-state index in [2.05, 4.69) is 10.1 Å². The van der Waals surface area contributed by atoms with Crippen molar-refractivity contribution in [3.63, 3.8) is 0 Å². The van der Waals surface area contributed by atoms with Gasteiger partial charge in [-0.05, 0) is 38.1 Å². The van der Waals surface area contributed by atoms with Crippen LogP contribution in [0, 0.1) is 11.8 Å². The molecule has 1 rings (SSSR count). The van der Waals surface area contributed by atoms with E-state index in [1.54, 1.807) is 0 Å². The van der Waals surface area contributed by atoms with Crippen LogP contribution >= 0.6 is 0 Å².